The molecule has 1 aromatic carbocycles. The van der Waals surface area contributed by atoms with E-state index >= 15 is 0 Å². The van der Waals surface area contributed by atoms with Gasteiger partial charge in [-0.1, -0.05) is 18.3 Å². The van der Waals surface area contributed by atoms with Crippen molar-refractivity contribution in [3.63, 3.8) is 0 Å². The molecule has 0 spiro atoms. The molecule has 3 aromatic heterocycles. The van der Waals surface area contributed by atoms with Crippen molar-refractivity contribution in [3.8, 4) is 11.5 Å². The number of benzene rings is 1. The summed E-state index contributed by atoms with van der Waals surface area (Å²) in [6.07, 6.45) is 6.68. The van der Waals surface area contributed by atoms with Crippen LogP contribution in [-0.2, 0) is 4.74 Å². The van der Waals surface area contributed by atoms with Crippen LogP contribution in [0.25, 0.3) is 21.9 Å². The Balaban J connectivity index is 1.64. The molecule has 1 fully saturated rings. The van der Waals surface area contributed by atoms with Crippen molar-refractivity contribution >= 4 is 46.4 Å². The summed E-state index contributed by atoms with van der Waals surface area (Å²) in [6, 6.07) is 5.91. The number of aromatic amines is 2. The zero-order valence-corrected chi connectivity index (χ0v) is 17.4. The zero-order chi connectivity index (χ0) is 20.0. The van der Waals surface area contributed by atoms with Crippen molar-refractivity contribution in [2.75, 3.05) is 6.61 Å². The fraction of sp³-hybridized carbons (Fsp3) is 0.300. The van der Waals surface area contributed by atoms with E-state index in [4.69, 9.17) is 33.9 Å². The van der Waals surface area contributed by atoms with Crippen molar-refractivity contribution in [2.45, 2.75) is 32.4 Å². The average Bonchev–Trinajstić information content (AvgIpc) is 3.15. The van der Waals surface area contributed by atoms with Gasteiger partial charge in [0.15, 0.2) is 16.7 Å². The maximum atomic E-state index is 6.37. The second kappa shape index (κ2) is 7.33. The largest absolute Gasteiger partial charge is 0.454 e. The Hall–Kier alpha value is -2.62. The molecule has 1 aliphatic rings. The van der Waals surface area contributed by atoms with Crippen molar-refractivity contribution in [1.82, 2.24) is 24.7 Å². The first kappa shape index (κ1) is 18.4. The van der Waals surface area contributed by atoms with Gasteiger partial charge in [0.25, 0.3) is 0 Å². The maximum absolute atomic E-state index is 6.37. The predicted molar refractivity (Wildman–Crippen MR) is 115 cm³/mol. The summed E-state index contributed by atoms with van der Waals surface area (Å²) in [5.74, 6) is 1.36. The minimum atomic E-state index is -0.0343. The highest BCUT2D eigenvalue weighted by Gasteiger charge is 2.21. The number of hydrogen-bond donors (Lipinski definition) is 2. The molecule has 9 heteroatoms. The highest BCUT2D eigenvalue weighted by Crippen LogP contribution is 2.37. The summed E-state index contributed by atoms with van der Waals surface area (Å²) in [7, 11) is 0. The third kappa shape index (κ3) is 3.25. The first-order valence-corrected chi connectivity index (χ1v) is 10.3. The van der Waals surface area contributed by atoms with Crippen molar-refractivity contribution in [1.29, 1.82) is 0 Å². The number of pyridine rings is 1. The summed E-state index contributed by atoms with van der Waals surface area (Å²) < 4.78 is 15.2. The molecule has 1 atom stereocenters. The molecule has 7 nitrogen and oxygen atoms in total. The van der Waals surface area contributed by atoms with Gasteiger partial charge in [-0.25, -0.2) is 4.68 Å². The molecule has 4 aromatic rings. The molecule has 5 rings (SSSR count). The van der Waals surface area contributed by atoms with Crippen LogP contribution >= 0.6 is 24.4 Å². The van der Waals surface area contributed by atoms with Gasteiger partial charge in [0.2, 0.25) is 0 Å². The van der Waals surface area contributed by atoms with Gasteiger partial charge in [-0.15, -0.1) is 0 Å². The molecule has 29 heavy (non-hydrogen) atoms. The first-order valence-electron chi connectivity index (χ1n) is 9.49. The number of H-pyrrole nitrogens is 2. The van der Waals surface area contributed by atoms with Crippen LogP contribution in [-0.4, -0.2) is 31.3 Å². The fourth-order valence-corrected chi connectivity index (χ4v) is 4.25. The van der Waals surface area contributed by atoms with E-state index in [9.17, 15) is 0 Å². The lowest BCUT2D eigenvalue weighted by Crippen LogP contribution is -2.18. The van der Waals surface area contributed by atoms with Gasteiger partial charge < -0.3 is 19.4 Å². The van der Waals surface area contributed by atoms with Gasteiger partial charge in [0.1, 0.15) is 21.4 Å². The van der Waals surface area contributed by atoms with E-state index in [0.717, 1.165) is 48.1 Å². The van der Waals surface area contributed by atoms with E-state index in [1.54, 1.807) is 12.3 Å². The second-order valence-electron chi connectivity index (χ2n) is 7.10. The van der Waals surface area contributed by atoms with Gasteiger partial charge in [-0.2, -0.15) is 5.10 Å². The predicted octanol–water partition coefficient (Wildman–Crippen LogP) is 5.50. The molecular formula is C20H19N5O2S2. The quantitative estimate of drug-likeness (QED) is 0.422. The van der Waals surface area contributed by atoms with Crippen LogP contribution in [0.5, 0.6) is 11.5 Å². The number of hydrogen-bond acceptors (Lipinski definition) is 6. The molecule has 2 N–H and O–H groups in total. The standard InChI is InChI=1S/C20H19N5O2S2/c1-11-5-6-13-12(10-22-25(13)15-4-2-3-9-26-15)18(11)27-14-7-8-21-17-16(14)23-20(29)24-19(17)28/h5-8,10,15H,2-4,9H2,1H3,(H2,23,24,28,29). The van der Waals surface area contributed by atoms with E-state index in [1.165, 1.54) is 0 Å². The molecule has 0 radical (unpaired) electrons. The lowest BCUT2D eigenvalue weighted by Gasteiger charge is -2.23. The highest BCUT2D eigenvalue weighted by molar-refractivity contribution is 7.72. The summed E-state index contributed by atoms with van der Waals surface area (Å²) in [5, 5.41) is 5.54. The number of ether oxygens (including phenoxy) is 2. The molecule has 1 aliphatic heterocycles. The minimum Gasteiger partial charge on any atom is -0.454 e. The third-order valence-electron chi connectivity index (χ3n) is 5.16. The summed E-state index contributed by atoms with van der Waals surface area (Å²) in [5.41, 5.74) is 3.27. The Morgan fingerprint density at radius 2 is 2.10 bits per heavy atom. The number of aromatic nitrogens is 5. The van der Waals surface area contributed by atoms with E-state index in [-0.39, 0.29) is 6.23 Å². The van der Waals surface area contributed by atoms with E-state index < -0.39 is 0 Å². The molecule has 0 saturated carbocycles. The lowest BCUT2D eigenvalue weighted by molar-refractivity contribution is -0.0366. The van der Waals surface area contributed by atoms with Crippen LogP contribution in [0.3, 0.4) is 0 Å². The van der Waals surface area contributed by atoms with Crippen molar-refractivity contribution in [2.24, 2.45) is 0 Å². The Morgan fingerprint density at radius 1 is 1.21 bits per heavy atom. The Kier molecular flexibility index (Phi) is 4.65. The molecule has 1 unspecified atom stereocenters. The Bertz CT molecular complexity index is 1330. The molecule has 0 bridgehead atoms. The lowest BCUT2D eigenvalue weighted by atomic mass is 10.1. The molecule has 4 heterocycles. The summed E-state index contributed by atoms with van der Waals surface area (Å²) >= 11 is 10.6. The van der Waals surface area contributed by atoms with Gasteiger partial charge in [-0.3, -0.25) is 4.98 Å². The van der Waals surface area contributed by atoms with Crippen LogP contribution in [0.15, 0.2) is 30.6 Å². The third-order valence-corrected chi connectivity index (χ3v) is 5.66. The minimum absolute atomic E-state index is 0.0343. The van der Waals surface area contributed by atoms with Crippen LogP contribution in [0.4, 0.5) is 0 Å². The van der Waals surface area contributed by atoms with Crippen LogP contribution in [0, 0.1) is 16.3 Å². The molecule has 0 aliphatic carbocycles. The average molecular weight is 426 g/mol. The van der Waals surface area contributed by atoms with Gasteiger partial charge in [0.05, 0.1) is 17.1 Å². The van der Waals surface area contributed by atoms with Crippen LogP contribution in [0.2, 0.25) is 0 Å². The first-order chi connectivity index (χ1) is 14.1. The molecule has 0 amide bonds. The van der Waals surface area contributed by atoms with Crippen molar-refractivity contribution in [3.05, 3.63) is 45.6 Å². The number of nitrogens with one attached hydrogen (secondary N) is 2. The molecule has 1 saturated heterocycles. The van der Waals surface area contributed by atoms with Gasteiger partial charge in [-0.05, 0) is 50.0 Å². The molecule has 148 valence electrons. The number of rotatable bonds is 3. The van der Waals surface area contributed by atoms with Crippen LogP contribution in [0.1, 0.15) is 31.1 Å². The van der Waals surface area contributed by atoms with E-state index in [1.807, 2.05) is 23.9 Å². The number of nitrogens with zero attached hydrogens (tertiary/aromatic N) is 3. The fourth-order valence-electron chi connectivity index (χ4n) is 3.73. The highest BCUT2D eigenvalue weighted by atomic mass is 32.1. The Labute approximate surface area is 176 Å². The molecular weight excluding hydrogens is 406 g/mol. The summed E-state index contributed by atoms with van der Waals surface area (Å²) in [4.78, 5) is 10.4. The second-order valence-corrected chi connectivity index (χ2v) is 7.91. The monoisotopic (exact) mass is 425 g/mol. The van der Waals surface area contributed by atoms with Gasteiger partial charge >= 0.3 is 0 Å². The van der Waals surface area contributed by atoms with E-state index in [2.05, 4.69) is 26.1 Å². The number of fused-ring (bicyclic) bond motifs is 2. The van der Waals surface area contributed by atoms with Crippen molar-refractivity contribution < 1.29 is 9.47 Å². The maximum Gasteiger partial charge on any atom is 0.176 e. The Morgan fingerprint density at radius 3 is 2.93 bits per heavy atom. The smallest absolute Gasteiger partial charge is 0.176 e. The summed E-state index contributed by atoms with van der Waals surface area (Å²) in [6.45, 7) is 2.78. The van der Waals surface area contributed by atoms with Crippen LogP contribution < -0.4 is 4.74 Å². The topological polar surface area (TPSA) is 80.8 Å². The SMILES string of the molecule is Cc1ccc2c(cnn2C2CCCCO2)c1Oc1ccnc2c(=S)[nH]c(=S)[nH]c12. The normalized spacial score (nSPS) is 17.1. The van der Waals surface area contributed by atoms with E-state index in [0.29, 0.717) is 26.2 Å². The van der Waals surface area contributed by atoms with Gasteiger partial charge in [0, 0.05) is 18.9 Å². The zero-order valence-electron chi connectivity index (χ0n) is 15.8. The number of aryl methyl sites for hydroxylation is 1.